The molecule has 0 saturated carbocycles. The molecule has 0 bridgehead atoms. The summed E-state index contributed by atoms with van der Waals surface area (Å²) in [5.41, 5.74) is 0. The van der Waals surface area contributed by atoms with E-state index in [1.807, 2.05) is 43.3 Å². The minimum Gasteiger partial charge on any atom is -0.486 e. The van der Waals surface area contributed by atoms with Crippen LogP contribution in [-0.2, 0) is 0 Å². The minimum absolute atomic E-state index is 0.312. The summed E-state index contributed by atoms with van der Waals surface area (Å²) < 4.78 is 17.4. The molecule has 2 aromatic rings. The van der Waals surface area contributed by atoms with Crippen LogP contribution in [0, 0.1) is 0 Å². The molecular weight excluding hydrogens is 348 g/mol. The maximum absolute atomic E-state index is 10.7. The van der Waals surface area contributed by atoms with Gasteiger partial charge in [-0.1, -0.05) is 6.07 Å². The van der Waals surface area contributed by atoms with Crippen LogP contribution in [0.15, 0.2) is 30.6 Å². The van der Waals surface area contributed by atoms with Crippen LogP contribution in [0.5, 0.6) is 17.2 Å². The van der Waals surface area contributed by atoms with Crippen LogP contribution < -0.4 is 24.0 Å². The van der Waals surface area contributed by atoms with Gasteiger partial charge in [0.05, 0.1) is 0 Å². The number of anilines is 2. The first-order chi connectivity index (χ1) is 13.1. The number of benzene rings is 1. The largest absolute Gasteiger partial charge is 0.486 e. The van der Waals surface area contributed by atoms with Crippen molar-refractivity contribution in [1.82, 2.24) is 9.97 Å². The molecule has 2 aliphatic heterocycles. The Hall–Kier alpha value is -2.74. The number of aromatic nitrogens is 2. The third-order valence-electron chi connectivity index (χ3n) is 4.75. The number of rotatable bonds is 4. The second-order valence-corrected chi connectivity index (χ2v) is 6.87. The maximum atomic E-state index is 10.7. The second-order valence-electron chi connectivity index (χ2n) is 6.87. The standard InChI is InChI=1S/C19H24N4O4/c1-22(2)17-10-18(21-12-20-17)23-7-6-14(13(24)11-23)27-16-5-3-4-15-19(16)26-9-8-25-15/h3-5,10,12-14,24H,6-9,11H2,1-2H3/t13-,14-/m1/s1. The number of β-amino-alcohol motifs (C(OH)–C–C–N with tert-alkyl or cyclic N) is 1. The molecule has 8 heteroatoms. The van der Waals surface area contributed by atoms with Crippen molar-refractivity contribution in [1.29, 1.82) is 0 Å². The lowest BCUT2D eigenvalue weighted by Crippen LogP contribution is -2.49. The Balaban J connectivity index is 1.45. The van der Waals surface area contributed by atoms with E-state index in [0.717, 1.165) is 18.2 Å². The molecule has 1 N–H and O–H groups in total. The Morgan fingerprint density at radius 1 is 1.22 bits per heavy atom. The monoisotopic (exact) mass is 372 g/mol. The van der Waals surface area contributed by atoms with E-state index in [1.165, 1.54) is 0 Å². The average Bonchev–Trinajstić information content (AvgIpc) is 2.70. The van der Waals surface area contributed by atoms with Gasteiger partial charge in [0, 0.05) is 39.7 Å². The predicted molar refractivity (Wildman–Crippen MR) is 101 cm³/mol. The number of aliphatic hydroxyl groups is 1. The third-order valence-corrected chi connectivity index (χ3v) is 4.75. The summed E-state index contributed by atoms with van der Waals surface area (Å²) >= 11 is 0. The van der Waals surface area contributed by atoms with E-state index in [2.05, 4.69) is 14.9 Å². The van der Waals surface area contributed by atoms with E-state index < -0.39 is 6.10 Å². The molecule has 2 atom stereocenters. The van der Waals surface area contributed by atoms with Gasteiger partial charge in [0.2, 0.25) is 5.75 Å². The zero-order valence-corrected chi connectivity index (χ0v) is 15.5. The van der Waals surface area contributed by atoms with Crippen molar-refractivity contribution in [3.8, 4) is 17.2 Å². The van der Waals surface area contributed by atoms with Crippen LogP contribution >= 0.6 is 0 Å². The van der Waals surface area contributed by atoms with Crippen molar-refractivity contribution in [3.05, 3.63) is 30.6 Å². The molecule has 2 aliphatic rings. The molecule has 4 rings (SSSR count). The SMILES string of the molecule is CN(C)c1cc(N2CC[C@@H](Oc3cccc4c3OCCO4)[C@H](O)C2)ncn1. The van der Waals surface area contributed by atoms with Gasteiger partial charge in [-0.3, -0.25) is 0 Å². The average molecular weight is 372 g/mol. The quantitative estimate of drug-likeness (QED) is 0.861. The molecule has 27 heavy (non-hydrogen) atoms. The van der Waals surface area contributed by atoms with E-state index >= 15 is 0 Å². The lowest BCUT2D eigenvalue weighted by Gasteiger charge is -2.37. The molecular formula is C19H24N4O4. The van der Waals surface area contributed by atoms with Crippen LogP contribution in [0.1, 0.15) is 6.42 Å². The van der Waals surface area contributed by atoms with Crippen LogP contribution in [0.2, 0.25) is 0 Å². The zero-order valence-electron chi connectivity index (χ0n) is 15.5. The molecule has 144 valence electrons. The Morgan fingerprint density at radius 2 is 2.07 bits per heavy atom. The normalized spacial score (nSPS) is 21.7. The topological polar surface area (TPSA) is 80.2 Å². The van der Waals surface area contributed by atoms with Crippen molar-refractivity contribution in [2.75, 3.05) is 50.2 Å². The first-order valence-corrected chi connectivity index (χ1v) is 9.09. The molecule has 3 heterocycles. The molecule has 1 fully saturated rings. The zero-order chi connectivity index (χ0) is 18.8. The van der Waals surface area contributed by atoms with Gasteiger partial charge < -0.3 is 29.1 Å². The third kappa shape index (κ3) is 3.71. The fourth-order valence-electron chi connectivity index (χ4n) is 3.31. The number of ether oxygens (including phenoxy) is 3. The number of nitrogens with zero attached hydrogens (tertiary/aromatic N) is 4. The Bertz CT molecular complexity index is 801. The number of piperidine rings is 1. The maximum Gasteiger partial charge on any atom is 0.203 e. The fourth-order valence-corrected chi connectivity index (χ4v) is 3.31. The van der Waals surface area contributed by atoms with Gasteiger partial charge in [0.1, 0.15) is 43.4 Å². The molecule has 8 nitrogen and oxygen atoms in total. The van der Waals surface area contributed by atoms with Crippen molar-refractivity contribution >= 4 is 11.6 Å². The molecule has 0 spiro atoms. The number of fused-ring (bicyclic) bond motifs is 1. The van der Waals surface area contributed by atoms with E-state index in [-0.39, 0.29) is 6.10 Å². The highest BCUT2D eigenvalue weighted by atomic mass is 16.6. The van der Waals surface area contributed by atoms with Crippen LogP contribution in [0.25, 0.3) is 0 Å². The summed E-state index contributed by atoms with van der Waals surface area (Å²) in [5, 5.41) is 10.7. The number of aliphatic hydroxyl groups excluding tert-OH is 1. The van der Waals surface area contributed by atoms with Crippen molar-refractivity contribution in [2.45, 2.75) is 18.6 Å². The Morgan fingerprint density at radius 3 is 2.89 bits per heavy atom. The number of hydrogen-bond donors (Lipinski definition) is 1. The van der Waals surface area contributed by atoms with Gasteiger partial charge in [-0.15, -0.1) is 0 Å². The van der Waals surface area contributed by atoms with Crippen LogP contribution in [0.4, 0.5) is 11.6 Å². The minimum atomic E-state index is -0.642. The van der Waals surface area contributed by atoms with E-state index in [4.69, 9.17) is 14.2 Å². The highest BCUT2D eigenvalue weighted by Crippen LogP contribution is 2.40. The smallest absolute Gasteiger partial charge is 0.203 e. The first kappa shape index (κ1) is 17.7. The molecule has 1 aromatic heterocycles. The summed E-state index contributed by atoms with van der Waals surface area (Å²) in [6, 6.07) is 7.50. The summed E-state index contributed by atoms with van der Waals surface area (Å²) in [6.07, 6.45) is 1.27. The van der Waals surface area contributed by atoms with Crippen molar-refractivity contribution in [3.63, 3.8) is 0 Å². The molecule has 1 aromatic carbocycles. The van der Waals surface area contributed by atoms with Crippen LogP contribution in [-0.4, -0.2) is 67.7 Å². The van der Waals surface area contributed by atoms with Gasteiger partial charge in [-0.2, -0.15) is 0 Å². The predicted octanol–water partition coefficient (Wildman–Crippen LogP) is 1.33. The molecule has 0 unspecified atom stereocenters. The molecule has 1 saturated heterocycles. The fraction of sp³-hybridized carbons (Fsp3) is 0.474. The highest BCUT2D eigenvalue weighted by molar-refractivity contribution is 5.52. The summed E-state index contributed by atoms with van der Waals surface area (Å²) in [4.78, 5) is 12.6. The molecule has 0 aliphatic carbocycles. The lowest BCUT2D eigenvalue weighted by atomic mass is 10.0. The Labute approximate surface area is 158 Å². The van der Waals surface area contributed by atoms with Gasteiger partial charge in [-0.25, -0.2) is 9.97 Å². The van der Waals surface area contributed by atoms with Crippen molar-refractivity contribution < 1.29 is 19.3 Å². The number of hydrogen-bond acceptors (Lipinski definition) is 8. The summed E-state index contributed by atoms with van der Waals surface area (Å²) in [7, 11) is 3.88. The van der Waals surface area contributed by atoms with E-state index in [0.29, 0.717) is 43.4 Å². The van der Waals surface area contributed by atoms with Crippen molar-refractivity contribution in [2.24, 2.45) is 0 Å². The van der Waals surface area contributed by atoms with E-state index in [1.54, 1.807) is 6.33 Å². The van der Waals surface area contributed by atoms with E-state index in [9.17, 15) is 5.11 Å². The molecule has 0 amide bonds. The lowest BCUT2D eigenvalue weighted by molar-refractivity contribution is 0.0210. The first-order valence-electron chi connectivity index (χ1n) is 9.09. The van der Waals surface area contributed by atoms with Crippen LogP contribution in [0.3, 0.4) is 0 Å². The summed E-state index contributed by atoms with van der Waals surface area (Å²) in [5.74, 6) is 3.55. The number of para-hydroxylation sites is 1. The van der Waals surface area contributed by atoms with Gasteiger partial charge >= 0.3 is 0 Å². The second kappa shape index (κ2) is 7.48. The van der Waals surface area contributed by atoms with Gasteiger partial charge in [0.25, 0.3) is 0 Å². The van der Waals surface area contributed by atoms with Gasteiger partial charge in [-0.05, 0) is 12.1 Å². The van der Waals surface area contributed by atoms with Gasteiger partial charge in [0.15, 0.2) is 11.5 Å². The molecule has 0 radical (unpaired) electrons. The Kier molecular flexibility index (Phi) is 4.89. The highest BCUT2D eigenvalue weighted by Gasteiger charge is 2.31. The summed E-state index contributed by atoms with van der Waals surface area (Å²) in [6.45, 7) is 2.21.